The van der Waals surface area contributed by atoms with Gasteiger partial charge in [0.25, 0.3) is 0 Å². The number of alkyl halides is 1. The number of carbonyl (C=O) groups excluding carboxylic acids is 1. The summed E-state index contributed by atoms with van der Waals surface area (Å²) in [5.74, 6) is -1.93. The predicted octanol–water partition coefficient (Wildman–Crippen LogP) is 1.31. The summed E-state index contributed by atoms with van der Waals surface area (Å²) in [6.45, 7) is 3.49. The van der Waals surface area contributed by atoms with Crippen LogP contribution in [-0.2, 0) is 14.4 Å². The number of rotatable bonds is 7. The quantitative estimate of drug-likeness (QED) is 0.260. The molecule has 0 radical (unpaired) electrons. The largest absolute Gasteiger partial charge is 0.476 e. The van der Waals surface area contributed by atoms with Crippen molar-refractivity contribution in [2.45, 2.75) is 0 Å². The van der Waals surface area contributed by atoms with Gasteiger partial charge < -0.3 is 15.3 Å². The minimum absolute atomic E-state index is 0.0801. The average Bonchev–Trinajstić information content (AvgIpc) is 2.82. The van der Waals surface area contributed by atoms with Gasteiger partial charge in [-0.25, -0.2) is 9.78 Å². The lowest BCUT2D eigenvalue weighted by Crippen LogP contribution is -2.16. The van der Waals surface area contributed by atoms with Crippen LogP contribution in [0.2, 0.25) is 0 Å². The van der Waals surface area contributed by atoms with Crippen LogP contribution in [0.1, 0.15) is 5.69 Å². The Morgan fingerprint density at radius 3 is 3.00 bits per heavy atom. The number of nitrogens with zero attached hydrogens (tertiary/aromatic N) is 2. The van der Waals surface area contributed by atoms with Gasteiger partial charge in [-0.1, -0.05) is 17.8 Å². The number of aliphatic carboxylic acids is 1. The third-order valence-electron chi connectivity index (χ3n) is 1.67. The fourth-order valence-corrected chi connectivity index (χ4v) is 1.72. The second kappa shape index (κ2) is 7.49. The standard InChI is InChI=1S/C10H10ClN3O4S/c1-2-3-18-14-8(9(16)17)6-5-19-10(12-6)13-7(15)4-11/h2,5H,1,3-4H2,(H,16,17)(H,12,13,15)/b14-8-. The maximum absolute atomic E-state index is 11.0. The molecule has 0 fully saturated rings. The van der Waals surface area contributed by atoms with E-state index in [2.05, 4.69) is 22.0 Å². The van der Waals surface area contributed by atoms with E-state index in [9.17, 15) is 9.59 Å². The first-order valence-corrected chi connectivity index (χ1v) is 6.35. The highest BCUT2D eigenvalue weighted by atomic mass is 35.5. The van der Waals surface area contributed by atoms with Crippen LogP contribution in [0.3, 0.4) is 0 Å². The third kappa shape index (κ3) is 4.68. The summed E-state index contributed by atoms with van der Waals surface area (Å²) >= 11 is 6.38. The molecule has 0 aromatic carbocycles. The van der Waals surface area contributed by atoms with E-state index in [1.165, 1.54) is 11.5 Å². The van der Waals surface area contributed by atoms with Crippen LogP contribution < -0.4 is 5.32 Å². The highest BCUT2D eigenvalue weighted by Gasteiger charge is 2.18. The molecular formula is C10H10ClN3O4S. The maximum Gasteiger partial charge on any atom is 0.360 e. The first-order chi connectivity index (χ1) is 9.08. The zero-order chi connectivity index (χ0) is 14.3. The van der Waals surface area contributed by atoms with Gasteiger partial charge in [0.1, 0.15) is 18.2 Å². The van der Waals surface area contributed by atoms with Gasteiger partial charge >= 0.3 is 5.97 Å². The second-order valence-electron chi connectivity index (χ2n) is 3.05. The van der Waals surface area contributed by atoms with Crippen LogP contribution in [0, 0.1) is 0 Å². The van der Waals surface area contributed by atoms with Crippen molar-refractivity contribution in [1.29, 1.82) is 0 Å². The molecule has 1 aromatic rings. The molecule has 0 saturated carbocycles. The van der Waals surface area contributed by atoms with Gasteiger partial charge in [-0.3, -0.25) is 4.79 Å². The summed E-state index contributed by atoms with van der Waals surface area (Å²) in [7, 11) is 0. The van der Waals surface area contributed by atoms with E-state index in [-0.39, 0.29) is 29.0 Å². The number of halogens is 1. The summed E-state index contributed by atoms with van der Waals surface area (Å²) in [6, 6.07) is 0. The van der Waals surface area contributed by atoms with Gasteiger partial charge in [-0.2, -0.15) is 0 Å². The van der Waals surface area contributed by atoms with Gasteiger partial charge in [0.2, 0.25) is 11.6 Å². The zero-order valence-corrected chi connectivity index (χ0v) is 11.2. The number of aromatic nitrogens is 1. The molecule has 19 heavy (non-hydrogen) atoms. The first kappa shape index (κ1) is 15.1. The minimum atomic E-state index is -1.29. The van der Waals surface area contributed by atoms with Crippen LogP contribution in [-0.4, -0.2) is 40.2 Å². The van der Waals surface area contributed by atoms with E-state index >= 15 is 0 Å². The molecule has 0 spiro atoms. The second-order valence-corrected chi connectivity index (χ2v) is 4.17. The summed E-state index contributed by atoms with van der Waals surface area (Å²) in [5, 5.41) is 16.5. The van der Waals surface area contributed by atoms with E-state index in [1.807, 2.05) is 0 Å². The molecule has 0 saturated heterocycles. The lowest BCUT2D eigenvalue weighted by molar-refractivity contribution is -0.129. The lowest BCUT2D eigenvalue weighted by atomic mass is 10.3. The molecule has 0 unspecified atom stereocenters. The number of carboxylic acid groups (broad SMARTS) is 1. The van der Waals surface area contributed by atoms with Crippen molar-refractivity contribution in [2.75, 3.05) is 17.8 Å². The molecular weight excluding hydrogens is 294 g/mol. The molecule has 102 valence electrons. The highest BCUT2D eigenvalue weighted by Crippen LogP contribution is 2.16. The Labute approximate surface area is 117 Å². The number of hydrogen-bond donors (Lipinski definition) is 2. The van der Waals surface area contributed by atoms with E-state index in [1.54, 1.807) is 0 Å². The van der Waals surface area contributed by atoms with Crippen molar-refractivity contribution in [3.63, 3.8) is 0 Å². The number of thiazole rings is 1. The monoisotopic (exact) mass is 303 g/mol. The summed E-state index contributed by atoms with van der Waals surface area (Å²) in [6.07, 6.45) is 1.43. The van der Waals surface area contributed by atoms with E-state index in [4.69, 9.17) is 21.5 Å². The fourth-order valence-electron chi connectivity index (χ4n) is 0.942. The third-order valence-corrected chi connectivity index (χ3v) is 2.67. The van der Waals surface area contributed by atoms with Gasteiger partial charge in [0.15, 0.2) is 5.13 Å². The van der Waals surface area contributed by atoms with Gasteiger partial charge in [-0.15, -0.1) is 22.9 Å². The van der Waals surface area contributed by atoms with E-state index < -0.39 is 11.9 Å². The number of amides is 1. The molecule has 0 aliphatic rings. The van der Waals surface area contributed by atoms with Crippen LogP contribution in [0.25, 0.3) is 0 Å². The molecule has 1 heterocycles. The van der Waals surface area contributed by atoms with Crippen molar-refractivity contribution < 1.29 is 19.5 Å². The molecule has 1 rings (SSSR count). The van der Waals surface area contributed by atoms with E-state index in [0.29, 0.717) is 0 Å². The number of carboxylic acids is 1. The van der Waals surface area contributed by atoms with Crippen LogP contribution >= 0.6 is 22.9 Å². The number of hydrogen-bond acceptors (Lipinski definition) is 6. The number of anilines is 1. The molecule has 2 N–H and O–H groups in total. The van der Waals surface area contributed by atoms with Crippen molar-refractivity contribution in [3.05, 3.63) is 23.7 Å². The SMILES string of the molecule is C=CCO/N=C(\C(=O)O)c1csc(NC(=O)CCl)n1. The highest BCUT2D eigenvalue weighted by molar-refractivity contribution is 7.14. The first-order valence-electron chi connectivity index (χ1n) is 4.94. The molecule has 0 bridgehead atoms. The fraction of sp³-hybridized carbons (Fsp3) is 0.200. The number of oxime groups is 1. The van der Waals surface area contributed by atoms with Crippen molar-refractivity contribution >= 4 is 45.7 Å². The van der Waals surface area contributed by atoms with Gasteiger partial charge in [0, 0.05) is 5.38 Å². The molecule has 1 aromatic heterocycles. The molecule has 9 heteroatoms. The van der Waals surface area contributed by atoms with Crippen molar-refractivity contribution in [3.8, 4) is 0 Å². The van der Waals surface area contributed by atoms with Crippen molar-refractivity contribution in [2.24, 2.45) is 5.16 Å². The molecule has 0 atom stereocenters. The Hall–Kier alpha value is -1.93. The topological polar surface area (TPSA) is 101 Å². The molecule has 0 aliphatic carbocycles. The Kier molecular flexibility index (Phi) is 5.97. The number of nitrogens with one attached hydrogen (secondary N) is 1. The Bertz CT molecular complexity index is 515. The Balaban J connectivity index is 2.86. The molecule has 7 nitrogen and oxygen atoms in total. The van der Waals surface area contributed by atoms with Crippen LogP contribution in [0.5, 0.6) is 0 Å². The Morgan fingerprint density at radius 1 is 1.68 bits per heavy atom. The lowest BCUT2D eigenvalue weighted by Gasteiger charge is -1.98. The van der Waals surface area contributed by atoms with Crippen LogP contribution in [0.4, 0.5) is 5.13 Å². The summed E-state index contributed by atoms with van der Waals surface area (Å²) < 4.78 is 0. The average molecular weight is 304 g/mol. The smallest absolute Gasteiger partial charge is 0.360 e. The van der Waals surface area contributed by atoms with Crippen molar-refractivity contribution in [1.82, 2.24) is 4.98 Å². The normalized spacial score (nSPS) is 10.9. The zero-order valence-electron chi connectivity index (χ0n) is 9.63. The molecule has 0 aliphatic heterocycles. The van der Waals surface area contributed by atoms with Crippen LogP contribution in [0.15, 0.2) is 23.2 Å². The predicted molar refractivity (Wildman–Crippen MR) is 71.8 cm³/mol. The van der Waals surface area contributed by atoms with Gasteiger partial charge in [0.05, 0.1) is 0 Å². The Morgan fingerprint density at radius 2 is 2.42 bits per heavy atom. The minimum Gasteiger partial charge on any atom is -0.476 e. The van der Waals surface area contributed by atoms with Gasteiger partial charge in [-0.05, 0) is 0 Å². The van der Waals surface area contributed by atoms with E-state index in [0.717, 1.165) is 11.3 Å². The number of carbonyl (C=O) groups is 2. The molecule has 1 amide bonds. The maximum atomic E-state index is 11.0. The summed E-state index contributed by atoms with van der Waals surface area (Å²) in [4.78, 5) is 30.7. The summed E-state index contributed by atoms with van der Waals surface area (Å²) in [5.41, 5.74) is -0.268.